The highest BCUT2D eigenvalue weighted by molar-refractivity contribution is 7.09. The highest BCUT2D eigenvalue weighted by atomic mass is 32.1. The Kier molecular flexibility index (Phi) is 3.31. The number of aromatic hydroxyl groups is 1. The summed E-state index contributed by atoms with van der Waals surface area (Å²) in [5.74, 6) is 0.602. The quantitative estimate of drug-likeness (QED) is 0.632. The van der Waals surface area contributed by atoms with Gasteiger partial charge in [0.2, 0.25) is 0 Å². The maximum atomic E-state index is 9.38. The van der Waals surface area contributed by atoms with E-state index in [4.69, 9.17) is 10.5 Å². The Hall–Kier alpha value is -1.68. The molecule has 0 atom stereocenters. The lowest BCUT2D eigenvalue weighted by molar-refractivity contribution is 0.323. The van der Waals surface area contributed by atoms with Crippen LogP contribution in [0.5, 0.6) is 11.5 Å². The van der Waals surface area contributed by atoms with Gasteiger partial charge >= 0.3 is 0 Å². The first-order valence-corrected chi connectivity index (χ1v) is 5.88. The van der Waals surface area contributed by atoms with Gasteiger partial charge in [-0.1, -0.05) is 12.1 Å². The first kappa shape index (κ1) is 10.8. The van der Waals surface area contributed by atoms with E-state index in [1.165, 1.54) is 4.88 Å². The van der Waals surface area contributed by atoms with Crippen molar-refractivity contribution in [2.45, 2.75) is 6.42 Å². The molecular formula is C12H13NO2S. The van der Waals surface area contributed by atoms with E-state index in [1.807, 2.05) is 11.4 Å². The number of phenols is 1. The van der Waals surface area contributed by atoms with Crippen LogP contribution >= 0.6 is 11.3 Å². The molecule has 0 fully saturated rings. The van der Waals surface area contributed by atoms with E-state index in [0.717, 1.165) is 6.42 Å². The van der Waals surface area contributed by atoms with Crippen molar-refractivity contribution in [3.05, 3.63) is 40.6 Å². The van der Waals surface area contributed by atoms with Crippen LogP contribution in [0.25, 0.3) is 0 Å². The first-order valence-electron chi connectivity index (χ1n) is 5.00. The van der Waals surface area contributed by atoms with Crippen molar-refractivity contribution < 1.29 is 9.84 Å². The van der Waals surface area contributed by atoms with Gasteiger partial charge in [0.05, 0.1) is 6.61 Å². The molecule has 1 heterocycles. The lowest BCUT2D eigenvalue weighted by Crippen LogP contribution is -2.02. The number of nitrogen functional groups attached to an aromatic ring is 1. The molecule has 3 N–H and O–H groups in total. The molecule has 0 saturated carbocycles. The Morgan fingerprint density at radius 1 is 1.25 bits per heavy atom. The van der Waals surface area contributed by atoms with Gasteiger partial charge in [0.1, 0.15) is 17.2 Å². The molecule has 1 aromatic heterocycles. The summed E-state index contributed by atoms with van der Waals surface area (Å²) in [6.07, 6.45) is 0.854. The smallest absolute Gasteiger partial charge is 0.146 e. The Bertz CT molecular complexity index is 454. The highest BCUT2D eigenvalue weighted by Gasteiger charge is 2.04. The third-order valence-electron chi connectivity index (χ3n) is 2.23. The predicted octanol–water partition coefficient (Wildman–Crippen LogP) is 2.66. The fraction of sp³-hybridized carbons (Fsp3) is 0.167. The Balaban J connectivity index is 1.92. The second kappa shape index (κ2) is 4.90. The minimum atomic E-state index is 0.0635. The number of anilines is 1. The Morgan fingerprint density at radius 2 is 2.12 bits per heavy atom. The number of phenolic OH excluding ortho intramolecular Hbond substituents is 1. The van der Waals surface area contributed by atoms with Gasteiger partial charge in [-0.2, -0.15) is 0 Å². The summed E-state index contributed by atoms with van der Waals surface area (Å²) in [6.45, 7) is 0.564. The maximum absolute atomic E-state index is 9.38. The fourth-order valence-corrected chi connectivity index (χ4v) is 2.06. The zero-order valence-electron chi connectivity index (χ0n) is 8.72. The minimum absolute atomic E-state index is 0.0635. The fourth-order valence-electron chi connectivity index (χ4n) is 1.37. The van der Waals surface area contributed by atoms with Gasteiger partial charge in [-0.25, -0.2) is 0 Å². The van der Waals surface area contributed by atoms with Gasteiger partial charge in [0.15, 0.2) is 0 Å². The van der Waals surface area contributed by atoms with E-state index in [-0.39, 0.29) is 5.75 Å². The number of hydrogen-bond acceptors (Lipinski definition) is 4. The molecule has 0 aliphatic heterocycles. The average molecular weight is 235 g/mol. The molecule has 0 radical (unpaired) electrons. The summed E-state index contributed by atoms with van der Waals surface area (Å²) >= 11 is 1.70. The average Bonchev–Trinajstić information content (AvgIpc) is 2.77. The lowest BCUT2D eigenvalue weighted by atomic mass is 10.3. The molecule has 0 amide bonds. The third kappa shape index (κ3) is 2.46. The summed E-state index contributed by atoms with van der Waals surface area (Å²) in [4.78, 5) is 1.28. The van der Waals surface area contributed by atoms with Crippen molar-refractivity contribution in [2.75, 3.05) is 12.3 Å². The monoisotopic (exact) mass is 235 g/mol. The normalized spacial score (nSPS) is 10.2. The van der Waals surface area contributed by atoms with Crippen LogP contribution < -0.4 is 10.5 Å². The van der Waals surface area contributed by atoms with Gasteiger partial charge in [-0.05, 0) is 23.6 Å². The standard InChI is InChI=1S/C12H13NO2S/c13-12-10(14)4-1-5-11(12)15-7-6-9-3-2-8-16-9/h1-5,8,14H,6-7,13H2. The molecule has 0 aliphatic carbocycles. The van der Waals surface area contributed by atoms with E-state index in [0.29, 0.717) is 18.0 Å². The van der Waals surface area contributed by atoms with Crippen molar-refractivity contribution in [3.63, 3.8) is 0 Å². The van der Waals surface area contributed by atoms with E-state index in [1.54, 1.807) is 29.5 Å². The number of rotatable bonds is 4. The minimum Gasteiger partial charge on any atom is -0.506 e. The molecule has 0 bridgehead atoms. The van der Waals surface area contributed by atoms with Crippen LogP contribution in [0, 0.1) is 0 Å². The lowest BCUT2D eigenvalue weighted by Gasteiger charge is -2.08. The molecule has 0 unspecified atom stereocenters. The second-order valence-electron chi connectivity index (χ2n) is 3.37. The third-order valence-corrected chi connectivity index (χ3v) is 3.17. The number of thiophene rings is 1. The van der Waals surface area contributed by atoms with E-state index >= 15 is 0 Å². The summed E-state index contributed by atoms with van der Waals surface area (Å²) in [7, 11) is 0. The van der Waals surface area contributed by atoms with Crippen LogP contribution in [0.2, 0.25) is 0 Å². The predicted molar refractivity (Wildman–Crippen MR) is 66.0 cm³/mol. The number of hydrogen-bond donors (Lipinski definition) is 2. The van der Waals surface area contributed by atoms with Crippen LogP contribution in [0.1, 0.15) is 4.88 Å². The molecule has 2 aromatic rings. The van der Waals surface area contributed by atoms with Crippen LogP contribution in [0.3, 0.4) is 0 Å². The van der Waals surface area contributed by atoms with Gasteiger partial charge < -0.3 is 15.6 Å². The molecular weight excluding hydrogens is 222 g/mol. The zero-order chi connectivity index (χ0) is 11.4. The topological polar surface area (TPSA) is 55.5 Å². The molecule has 2 rings (SSSR count). The van der Waals surface area contributed by atoms with E-state index in [2.05, 4.69) is 6.07 Å². The Morgan fingerprint density at radius 3 is 2.88 bits per heavy atom. The van der Waals surface area contributed by atoms with Crippen molar-refractivity contribution in [2.24, 2.45) is 0 Å². The van der Waals surface area contributed by atoms with E-state index < -0.39 is 0 Å². The molecule has 4 heteroatoms. The number of para-hydroxylation sites is 1. The molecule has 0 saturated heterocycles. The van der Waals surface area contributed by atoms with Crippen LogP contribution in [-0.4, -0.2) is 11.7 Å². The van der Waals surface area contributed by atoms with Crippen molar-refractivity contribution in [1.29, 1.82) is 0 Å². The molecule has 1 aromatic carbocycles. The second-order valence-corrected chi connectivity index (χ2v) is 4.40. The SMILES string of the molecule is Nc1c(O)cccc1OCCc1cccs1. The van der Waals surface area contributed by atoms with Crippen LogP contribution in [0.15, 0.2) is 35.7 Å². The molecule has 0 aliphatic rings. The Labute approximate surface area is 98.1 Å². The number of ether oxygens (including phenoxy) is 1. The highest BCUT2D eigenvalue weighted by Crippen LogP contribution is 2.30. The number of nitrogens with two attached hydrogens (primary N) is 1. The van der Waals surface area contributed by atoms with Crippen LogP contribution in [-0.2, 0) is 6.42 Å². The van der Waals surface area contributed by atoms with Crippen LogP contribution in [0.4, 0.5) is 5.69 Å². The van der Waals surface area contributed by atoms with Crippen molar-refractivity contribution in [1.82, 2.24) is 0 Å². The van der Waals surface area contributed by atoms with Gasteiger partial charge in [0, 0.05) is 11.3 Å². The summed E-state index contributed by atoms with van der Waals surface area (Å²) < 4.78 is 5.51. The molecule has 3 nitrogen and oxygen atoms in total. The first-order chi connectivity index (χ1) is 7.77. The van der Waals surface area contributed by atoms with Crippen molar-refractivity contribution in [3.8, 4) is 11.5 Å². The van der Waals surface area contributed by atoms with Gasteiger partial charge in [-0.3, -0.25) is 0 Å². The van der Waals surface area contributed by atoms with Gasteiger partial charge in [0.25, 0.3) is 0 Å². The largest absolute Gasteiger partial charge is 0.506 e. The molecule has 0 spiro atoms. The number of benzene rings is 1. The summed E-state index contributed by atoms with van der Waals surface area (Å²) in [5, 5.41) is 11.4. The summed E-state index contributed by atoms with van der Waals surface area (Å²) in [6, 6.07) is 9.10. The maximum Gasteiger partial charge on any atom is 0.146 e. The molecule has 16 heavy (non-hydrogen) atoms. The van der Waals surface area contributed by atoms with Crippen molar-refractivity contribution >= 4 is 17.0 Å². The summed E-state index contributed by atoms with van der Waals surface area (Å²) in [5.41, 5.74) is 5.97. The zero-order valence-corrected chi connectivity index (χ0v) is 9.54. The molecule has 84 valence electrons. The van der Waals surface area contributed by atoms with Gasteiger partial charge in [-0.15, -0.1) is 11.3 Å². The van der Waals surface area contributed by atoms with E-state index in [9.17, 15) is 5.11 Å².